The van der Waals surface area contributed by atoms with E-state index in [4.69, 9.17) is 16.0 Å². The molecule has 2 aromatic heterocycles. The van der Waals surface area contributed by atoms with Gasteiger partial charge in [-0.25, -0.2) is 0 Å². The van der Waals surface area contributed by atoms with Crippen LogP contribution in [0.15, 0.2) is 16.5 Å². The topological polar surface area (TPSA) is 68.0 Å². The first-order valence-electron chi connectivity index (χ1n) is 4.58. The quantitative estimate of drug-likeness (QED) is 0.918. The van der Waals surface area contributed by atoms with Crippen molar-refractivity contribution in [1.82, 2.24) is 10.2 Å². The predicted octanol–water partition coefficient (Wildman–Crippen LogP) is 2.60. The number of furan rings is 1. The predicted molar refractivity (Wildman–Crippen MR) is 61.0 cm³/mol. The largest absolute Gasteiger partial charge is 0.440 e. The van der Waals surface area contributed by atoms with Gasteiger partial charge in [-0.3, -0.25) is 10.1 Å². The molecule has 1 N–H and O–H groups in total. The molecular weight excluding hydrogens is 250 g/mol. The third kappa shape index (κ3) is 2.40. The van der Waals surface area contributed by atoms with Crippen LogP contribution >= 0.6 is 22.9 Å². The molecule has 2 rings (SSSR count). The Morgan fingerprint density at radius 3 is 2.94 bits per heavy atom. The van der Waals surface area contributed by atoms with E-state index in [9.17, 15) is 4.79 Å². The molecule has 0 saturated carbocycles. The van der Waals surface area contributed by atoms with Crippen molar-refractivity contribution in [2.75, 3.05) is 5.32 Å². The van der Waals surface area contributed by atoms with Crippen LogP contribution in [0.25, 0.3) is 0 Å². The fourth-order valence-electron chi connectivity index (χ4n) is 1.04. The van der Waals surface area contributed by atoms with Gasteiger partial charge in [0.1, 0.15) is 5.01 Å². The Labute approximate surface area is 100 Å². The van der Waals surface area contributed by atoms with Gasteiger partial charge in [-0.15, -0.1) is 10.2 Å². The second kappa shape index (κ2) is 4.63. The molecule has 0 fully saturated rings. The van der Waals surface area contributed by atoms with Gasteiger partial charge in [0.2, 0.25) is 5.13 Å². The first-order valence-corrected chi connectivity index (χ1v) is 5.77. The number of hydrogen-bond donors (Lipinski definition) is 1. The molecule has 1 amide bonds. The first-order chi connectivity index (χ1) is 7.69. The van der Waals surface area contributed by atoms with E-state index in [0.717, 1.165) is 11.4 Å². The molecule has 0 spiro atoms. The molecule has 2 aromatic rings. The lowest BCUT2D eigenvalue weighted by atomic mass is 10.4. The zero-order valence-corrected chi connectivity index (χ0v) is 9.93. The van der Waals surface area contributed by atoms with Crippen molar-refractivity contribution in [2.24, 2.45) is 0 Å². The summed E-state index contributed by atoms with van der Waals surface area (Å²) in [6.45, 7) is 1.97. The minimum atomic E-state index is -0.384. The maximum absolute atomic E-state index is 11.6. The van der Waals surface area contributed by atoms with Crippen LogP contribution in [0, 0.1) is 0 Å². The maximum Gasteiger partial charge on any atom is 0.293 e. The molecular formula is C9H8ClN3O2S. The first kappa shape index (κ1) is 11.1. The van der Waals surface area contributed by atoms with Gasteiger partial charge in [-0.1, -0.05) is 18.3 Å². The fourth-order valence-corrected chi connectivity index (χ4v) is 1.86. The van der Waals surface area contributed by atoms with Gasteiger partial charge in [0.25, 0.3) is 5.91 Å². The van der Waals surface area contributed by atoms with E-state index in [1.807, 2.05) is 6.92 Å². The van der Waals surface area contributed by atoms with Crippen LogP contribution in [-0.4, -0.2) is 16.1 Å². The standard InChI is InChI=1S/C9H8ClN3O2S/c1-2-7-12-13-9(16-7)11-8(14)5-3-4-6(10)15-5/h3-4H,2H2,1H3,(H,11,13,14). The molecule has 5 nitrogen and oxygen atoms in total. The summed E-state index contributed by atoms with van der Waals surface area (Å²) >= 11 is 6.90. The number of aromatic nitrogens is 2. The van der Waals surface area contributed by atoms with E-state index in [2.05, 4.69) is 15.5 Å². The summed E-state index contributed by atoms with van der Waals surface area (Å²) in [6.07, 6.45) is 0.792. The fraction of sp³-hybridized carbons (Fsp3) is 0.222. The van der Waals surface area contributed by atoms with E-state index < -0.39 is 0 Å². The molecule has 0 unspecified atom stereocenters. The summed E-state index contributed by atoms with van der Waals surface area (Å²) in [5, 5.41) is 11.8. The molecule has 0 saturated heterocycles. The lowest BCUT2D eigenvalue weighted by Gasteiger charge is -1.95. The van der Waals surface area contributed by atoms with Gasteiger partial charge in [-0.2, -0.15) is 0 Å². The van der Waals surface area contributed by atoms with E-state index in [1.54, 1.807) is 0 Å². The summed E-state index contributed by atoms with van der Waals surface area (Å²) in [5.74, 6) is -0.232. The van der Waals surface area contributed by atoms with Gasteiger partial charge in [0.15, 0.2) is 11.0 Å². The highest BCUT2D eigenvalue weighted by atomic mass is 35.5. The van der Waals surface area contributed by atoms with Crippen molar-refractivity contribution in [3.63, 3.8) is 0 Å². The van der Waals surface area contributed by atoms with Gasteiger partial charge in [-0.05, 0) is 30.2 Å². The van der Waals surface area contributed by atoms with Crippen LogP contribution in [0.2, 0.25) is 5.22 Å². The van der Waals surface area contributed by atoms with Crippen LogP contribution in [-0.2, 0) is 6.42 Å². The highest BCUT2D eigenvalue weighted by Crippen LogP contribution is 2.18. The molecule has 0 aromatic carbocycles. The van der Waals surface area contributed by atoms with Crippen molar-refractivity contribution < 1.29 is 9.21 Å². The molecule has 0 aliphatic carbocycles. The summed E-state index contributed by atoms with van der Waals surface area (Å²) in [5.41, 5.74) is 0. The SMILES string of the molecule is CCc1nnc(NC(=O)c2ccc(Cl)o2)s1. The normalized spacial score (nSPS) is 10.4. The smallest absolute Gasteiger partial charge is 0.293 e. The maximum atomic E-state index is 11.6. The van der Waals surface area contributed by atoms with E-state index >= 15 is 0 Å². The van der Waals surface area contributed by atoms with Crippen molar-refractivity contribution in [3.8, 4) is 0 Å². The lowest BCUT2D eigenvalue weighted by molar-refractivity contribution is 0.0996. The molecule has 7 heteroatoms. The second-order valence-electron chi connectivity index (χ2n) is 2.91. The van der Waals surface area contributed by atoms with E-state index in [-0.39, 0.29) is 16.9 Å². The Morgan fingerprint density at radius 2 is 2.38 bits per heavy atom. The van der Waals surface area contributed by atoms with E-state index in [1.165, 1.54) is 23.5 Å². The number of anilines is 1. The number of hydrogen-bond acceptors (Lipinski definition) is 5. The molecule has 84 valence electrons. The Hall–Kier alpha value is -1.40. The number of carbonyl (C=O) groups is 1. The van der Waals surface area contributed by atoms with Crippen molar-refractivity contribution in [3.05, 3.63) is 28.1 Å². The number of nitrogens with zero attached hydrogens (tertiary/aromatic N) is 2. The third-order valence-electron chi connectivity index (χ3n) is 1.79. The number of aryl methyl sites for hydroxylation is 1. The lowest BCUT2D eigenvalue weighted by Crippen LogP contribution is -2.10. The Morgan fingerprint density at radius 1 is 1.56 bits per heavy atom. The van der Waals surface area contributed by atoms with Gasteiger partial charge < -0.3 is 4.42 Å². The number of amides is 1. The van der Waals surface area contributed by atoms with Gasteiger partial charge in [0, 0.05) is 0 Å². The highest BCUT2D eigenvalue weighted by Gasteiger charge is 2.13. The third-order valence-corrected chi connectivity index (χ3v) is 2.97. The summed E-state index contributed by atoms with van der Waals surface area (Å²) < 4.78 is 4.96. The second-order valence-corrected chi connectivity index (χ2v) is 4.35. The monoisotopic (exact) mass is 257 g/mol. The number of rotatable bonds is 3. The van der Waals surface area contributed by atoms with Crippen LogP contribution < -0.4 is 5.32 Å². The highest BCUT2D eigenvalue weighted by molar-refractivity contribution is 7.15. The van der Waals surface area contributed by atoms with Crippen LogP contribution in [0.4, 0.5) is 5.13 Å². The number of carbonyl (C=O) groups excluding carboxylic acids is 1. The number of halogens is 1. The minimum Gasteiger partial charge on any atom is -0.440 e. The Bertz CT molecular complexity index is 508. The average Bonchev–Trinajstić information content (AvgIpc) is 2.87. The van der Waals surface area contributed by atoms with Gasteiger partial charge in [0.05, 0.1) is 0 Å². The van der Waals surface area contributed by atoms with Crippen molar-refractivity contribution in [1.29, 1.82) is 0 Å². The molecule has 2 heterocycles. The van der Waals surface area contributed by atoms with Crippen molar-refractivity contribution >= 4 is 34.0 Å². The molecule has 0 atom stereocenters. The van der Waals surface area contributed by atoms with Crippen molar-refractivity contribution in [2.45, 2.75) is 13.3 Å². The molecule has 16 heavy (non-hydrogen) atoms. The molecule has 0 aliphatic rings. The summed E-state index contributed by atoms with van der Waals surface area (Å²) in [6, 6.07) is 3.01. The molecule has 0 aliphatic heterocycles. The van der Waals surface area contributed by atoms with Crippen LogP contribution in [0.3, 0.4) is 0 Å². The summed E-state index contributed by atoms with van der Waals surface area (Å²) in [7, 11) is 0. The van der Waals surface area contributed by atoms with E-state index in [0.29, 0.717) is 5.13 Å². The molecule has 0 bridgehead atoms. The molecule has 0 radical (unpaired) electrons. The van der Waals surface area contributed by atoms with Gasteiger partial charge >= 0.3 is 0 Å². The zero-order valence-electron chi connectivity index (χ0n) is 8.36. The van der Waals surface area contributed by atoms with Crippen LogP contribution in [0.1, 0.15) is 22.5 Å². The van der Waals surface area contributed by atoms with Crippen LogP contribution in [0.5, 0.6) is 0 Å². The zero-order chi connectivity index (χ0) is 11.5. The Kier molecular flexibility index (Phi) is 3.21. The Balaban J connectivity index is 2.07. The summed E-state index contributed by atoms with van der Waals surface area (Å²) in [4.78, 5) is 11.6. The minimum absolute atomic E-state index is 0.151. The average molecular weight is 258 g/mol. The number of nitrogens with one attached hydrogen (secondary N) is 1.